The van der Waals surface area contributed by atoms with Crippen LogP contribution in [0, 0.1) is 0 Å². The van der Waals surface area contributed by atoms with Crippen LogP contribution >= 0.6 is 11.6 Å². The van der Waals surface area contributed by atoms with Crippen molar-refractivity contribution >= 4 is 11.6 Å². The molecule has 1 unspecified atom stereocenters. The Labute approximate surface area is 112 Å². The zero-order valence-electron chi connectivity index (χ0n) is 10.5. The lowest BCUT2D eigenvalue weighted by Gasteiger charge is -2.09. The van der Waals surface area contributed by atoms with Crippen LogP contribution in [0.1, 0.15) is 18.5 Å². The number of methoxy groups -OCH3 is 1. The zero-order valence-corrected chi connectivity index (χ0v) is 11.2. The molecule has 0 heterocycles. The number of hydrogen-bond acceptors (Lipinski definition) is 2. The first kappa shape index (κ1) is 12.9. The minimum Gasteiger partial charge on any atom is -0.495 e. The molecule has 3 heteroatoms. The molecule has 18 heavy (non-hydrogen) atoms. The van der Waals surface area contributed by atoms with Crippen molar-refractivity contribution in [3.63, 3.8) is 0 Å². The zero-order chi connectivity index (χ0) is 13.1. The first-order chi connectivity index (χ1) is 8.61. The van der Waals surface area contributed by atoms with Gasteiger partial charge < -0.3 is 10.5 Å². The molecule has 2 N–H and O–H groups in total. The van der Waals surface area contributed by atoms with E-state index in [1.807, 2.05) is 37.3 Å². The van der Waals surface area contributed by atoms with Gasteiger partial charge in [0.1, 0.15) is 5.75 Å². The van der Waals surface area contributed by atoms with Gasteiger partial charge in [-0.15, -0.1) is 0 Å². The molecule has 0 bridgehead atoms. The van der Waals surface area contributed by atoms with Crippen LogP contribution in [0.5, 0.6) is 5.75 Å². The van der Waals surface area contributed by atoms with Crippen LogP contribution in [0.4, 0.5) is 0 Å². The largest absolute Gasteiger partial charge is 0.495 e. The van der Waals surface area contributed by atoms with Crippen molar-refractivity contribution in [2.24, 2.45) is 5.73 Å². The Kier molecular flexibility index (Phi) is 3.90. The highest BCUT2D eigenvalue weighted by molar-refractivity contribution is 6.32. The van der Waals surface area contributed by atoms with Gasteiger partial charge in [-0.05, 0) is 35.7 Å². The Balaban J connectivity index is 2.34. The van der Waals surface area contributed by atoms with E-state index in [0.29, 0.717) is 10.8 Å². The predicted molar refractivity (Wildman–Crippen MR) is 76.0 cm³/mol. The summed E-state index contributed by atoms with van der Waals surface area (Å²) in [5.74, 6) is 0.688. The summed E-state index contributed by atoms with van der Waals surface area (Å²) >= 11 is 6.12. The van der Waals surface area contributed by atoms with E-state index in [-0.39, 0.29) is 6.04 Å². The van der Waals surface area contributed by atoms with Gasteiger partial charge in [0.05, 0.1) is 12.1 Å². The topological polar surface area (TPSA) is 35.2 Å². The van der Waals surface area contributed by atoms with E-state index in [0.717, 1.165) is 16.7 Å². The van der Waals surface area contributed by atoms with E-state index in [2.05, 4.69) is 12.1 Å². The normalized spacial score (nSPS) is 12.2. The maximum absolute atomic E-state index is 6.12. The molecule has 0 saturated carbocycles. The van der Waals surface area contributed by atoms with Gasteiger partial charge >= 0.3 is 0 Å². The molecule has 0 fully saturated rings. The van der Waals surface area contributed by atoms with Crippen LogP contribution in [-0.2, 0) is 0 Å². The number of benzene rings is 2. The molecule has 0 aliphatic heterocycles. The number of rotatable bonds is 3. The molecule has 1 atom stereocenters. The molecule has 0 spiro atoms. The predicted octanol–water partition coefficient (Wildman–Crippen LogP) is 4.04. The highest BCUT2D eigenvalue weighted by Crippen LogP contribution is 2.30. The van der Waals surface area contributed by atoms with Crippen molar-refractivity contribution in [3.8, 4) is 16.9 Å². The monoisotopic (exact) mass is 261 g/mol. The number of ether oxygens (including phenoxy) is 1. The Hall–Kier alpha value is -1.51. The van der Waals surface area contributed by atoms with Crippen LogP contribution in [0.2, 0.25) is 5.02 Å². The van der Waals surface area contributed by atoms with Crippen LogP contribution in [-0.4, -0.2) is 7.11 Å². The summed E-state index contributed by atoms with van der Waals surface area (Å²) in [6.45, 7) is 1.97. The molecule has 0 saturated heterocycles. The van der Waals surface area contributed by atoms with E-state index < -0.39 is 0 Å². The second kappa shape index (κ2) is 5.42. The summed E-state index contributed by atoms with van der Waals surface area (Å²) in [6, 6.07) is 14.0. The summed E-state index contributed by atoms with van der Waals surface area (Å²) in [6.07, 6.45) is 0. The van der Waals surface area contributed by atoms with Crippen LogP contribution in [0.3, 0.4) is 0 Å². The average molecular weight is 262 g/mol. The van der Waals surface area contributed by atoms with Crippen molar-refractivity contribution in [1.29, 1.82) is 0 Å². The standard InChI is InChI=1S/C15H16ClNO/c1-10(17)11-3-5-12(6-4-11)13-7-8-15(18-2)14(16)9-13/h3-10H,17H2,1-2H3. The van der Waals surface area contributed by atoms with Gasteiger partial charge in [0.25, 0.3) is 0 Å². The maximum Gasteiger partial charge on any atom is 0.137 e. The fourth-order valence-electron chi connectivity index (χ4n) is 1.83. The van der Waals surface area contributed by atoms with Crippen LogP contribution in [0.25, 0.3) is 11.1 Å². The minimum atomic E-state index is 0.0542. The van der Waals surface area contributed by atoms with Gasteiger partial charge in [-0.2, -0.15) is 0 Å². The first-order valence-electron chi connectivity index (χ1n) is 5.81. The lowest BCUT2D eigenvalue weighted by molar-refractivity contribution is 0.415. The Morgan fingerprint density at radius 3 is 2.17 bits per heavy atom. The molecule has 2 aromatic rings. The number of hydrogen-bond donors (Lipinski definition) is 1. The third-order valence-corrected chi connectivity index (χ3v) is 3.22. The van der Waals surface area contributed by atoms with Crippen LogP contribution < -0.4 is 10.5 Å². The minimum absolute atomic E-state index is 0.0542. The van der Waals surface area contributed by atoms with E-state index in [1.165, 1.54) is 0 Å². The summed E-state index contributed by atoms with van der Waals surface area (Å²) < 4.78 is 5.14. The summed E-state index contributed by atoms with van der Waals surface area (Å²) in [5.41, 5.74) is 9.13. The summed E-state index contributed by atoms with van der Waals surface area (Å²) in [5, 5.41) is 0.617. The van der Waals surface area contributed by atoms with Crippen molar-refractivity contribution in [2.75, 3.05) is 7.11 Å². The number of halogens is 1. The van der Waals surface area contributed by atoms with Gasteiger partial charge in [0, 0.05) is 6.04 Å². The molecule has 0 radical (unpaired) electrons. The second-order valence-electron chi connectivity index (χ2n) is 4.26. The molecule has 0 aromatic heterocycles. The van der Waals surface area contributed by atoms with Crippen molar-refractivity contribution < 1.29 is 4.74 Å². The smallest absolute Gasteiger partial charge is 0.137 e. The molecule has 0 aliphatic carbocycles. The lowest BCUT2D eigenvalue weighted by atomic mass is 10.0. The third-order valence-electron chi connectivity index (χ3n) is 2.92. The highest BCUT2D eigenvalue weighted by Gasteiger charge is 2.04. The molecule has 2 aromatic carbocycles. The molecule has 2 nitrogen and oxygen atoms in total. The van der Waals surface area contributed by atoms with Gasteiger partial charge in [0.2, 0.25) is 0 Å². The third kappa shape index (κ3) is 2.66. The lowest BCUT2D eigenvalue weighted by Crippen LogP contribution is -2.04. The van der Waals surface area contributed by atoms with E-state index >= 15 is 0 Å². The van der Waals surface area contributed by atoms with Gasteiger partial charge in [-0.25, -0.2) is 0 Å². The molecule has 94 valence electrons. The fourth-order valence-corrected chi connectivity index (χ4v) is 2.08. The molecular formula is C15H16ClNO. The Morgan fingerprint density at radius 2 is 1.67 bits per heavy atom. The van der Waals surface area contributed by atoms with Crippen LogP contribution in [0.15, 0.2) is 42.5 Å². The quantitative estimate of drug-likeness (QED) is 0.905. The maximum atomic E-state index is 6.12. The molecular weight excluding hydrogens is 246 g/mol. The van der Waals surface area contributed by atoms with Crippen molar-refractivity contribution in [3.05, 3.63) is 53.1 Å². The average Bonchev–Trinajstić information content (AvgIpc) is 2.38. The van der Waals surface area contributed by atoms with E-state index in [9.17, 15) is 0 Å². The highest BCUT2D eigenvalue weighted by atomic mass is 35.5. The number of nitrogens with two attached hydrogens (primary N) is 1. The van der Waals surface area contributed by atoms with Gasteiger partial charge in [-0.3, -0.25) is 0 Å². The molecule has 0 aliphatic rings. The van der Waals surface area contributed by atoms with Crippen molar-refractivity contribution in [2.45, 2.75) is 13.0 Å². The Morgan fingerprint density at radius 1 is 1.06 bits per heavy atom. The van der Waals surface area contributed by atoms with Gasteiger partial charge in [0.15, 0.2) is 0 Å². The summed E-state index contributed by atoms with van der Waals surface area (Å²) in [4.78, 5) is 0. The Bertz CT molecular complexity index is 535. The summed E-state index contributed by atoms with van der Waals surface area (Å²) in [7, 11) is 1.61. The fraction of sp³-hybridized carbons (Fsp3) is 0.200. The second-order valence-corrected chi connectivity index (χ2v) is 4.67. The molecule has 2 rings (SSSR count). The van der Waals surface area contributed by atoms with Gasteiger partial charge in [-0.1, -0.05) is 41.9 Å². The van der Waals surface area contributed by atoms with E-state index in [1.54, 1.807) is 7.11 Å². The van der Waals surface area contributed by atoms with E-state index in [4.69, 9.17) is 22.1 Å². The molecule has 0 amide bonds. The first-order valence-corrected chi connectivity index (χ1v) is 6.19. The van der Waals surface area contributed by atoms with Crippen molar-refractivity contribution in [1.82, 2.24) is 0 Å². The SMILES string of the molecule is COc1ccc(-c2ccc(C(C)N)cc2)cc1Cl.